The highest BCUT2D eigenvalue weighted by molar-refractivity contribution is 9.11. The molecule has 0 saturated heterocycles. The van der Waals surface area contributed by atoms with Gasteiger partial charge in [-0.15, -0.1) is 22.7 Å². The van der Waals surface area contributed by atoms with E-state index in [1.165, 1.54) is 11.3 Å². The van der Waals surface area contributed by atoms with Crippen molar-refractivity contribution in [1.82, 2.24) is 4.98 Å². The van der Waals surface area contributed by atoms with Gasteiger partial charge in [-0.05, 0) is 40.9 Å². The van der Waals surface area contributed by atoms with Crippen molar-refractivity contribution in [3.05, 3.63) is 26.3 Å². The monoisotopic (exact) mass is 329 g/mol. The van der Waals surface area contributed by atoms with Crippen LogP contribution in [0, 0.1) is 0 Å². The molecule has 0 bridgehead atoms. The molecule has 2 heterocycles. The maximum absolute atomic E-state index is 9.54. The summed E-state index contributed by atoms with van der Waals surface area (Å²) in [5.41, 5.74) is 1.01. The van der Waals surface area contributed by atoms with Crippen LogP contribution in [-0.4, -0.2) is 16.7 Å². The predicted octanol–water partition coefficient (Wildman–Crippen LogP) is 4.05. The largest absolute Gasteiger partial charge is 0.395 e. The first kappa shape index (κ1) is 11.8. The van der Waals surface area contributed by atoms with E-state index >= 15 is 0 Å². The van der Waals surface area contributed by atoms with Crippen molar-refractivity contribution in [2.45, 2.75) is 24.7 Å². The number of nitrogens with zero attached hydrogens (tertiary/aromatic N) is 1. The molecule has 5 heteroatoms. The molecule has 0 amide bonds. The van der Waals surface area contributed by atoms with Gasteiger partial charge in [0.25, 0.3) is 0 Å². The van der Waals surface area contributed by atoms with Crippen LogP contribution in [0.2, 0.25) is 0 Å². The zero-order chi connectivity index (χ0) is 11.9. The smallest absolute Gasteiger partial charge is 0.102 e. The van der Waals surface area contributed by atoms with Gasteiger partial charge in [0.2, 0.25) is 0 Å². The Bertz CT molecular complexity index is 525. The number of halogens is 1. The van der Waals surface area contributed by atoms with E-state index in [9.17, 15) is 5.11 Å². The second kappa shape index (κ2) is 4.46. The average Bonchev–Trinajstić information content (AvgIpc) is 2.86. The number of aliphatic hydroxyl groups excluding tert-OH is 1. The third-order valence-corrected chi connectivity index (χ3v) is 6.13. The summed E-state index contributed by atoms with van der Waals surface area (Å²) in [7, 11) is 0. The molecule has 0 radical (unpaired) electrons. The van der Waals surface area contributed by atoms with Crippen molar-refractivity contribution in [1.29, 1.82) is 0 Å². The Balaban J connectivity index is 1.92. The number of rotatable bonds is 3. The van der Waals surface area contributed by atoms with E-state index in [1.807, 2.05) is 6.07 Å². The zero-order valence-electron chi connectivity index (χ0n) is 9.15. The van der Waals surface area contributed by atoms with E-state index < -0.39 is 0 Å². The van der Waals surface area contributed by atoms with Gasteiger partial charge in [0.05, 0.1) is 21.0 Å². The summed E-state index contributed by atoms with van der Waals surface area (Å²) in [6.07, 6.45) is 3.36. The number of hydrogen-bond acceptors (Lipinski definition) is 4. The van der Waals surface area contributed by atoms with E-state index in [1.54, 1.807) is 22.7 Å². The lowest BCUT2D eigenvalue weighted by molar-refractivity contribution is 0.120. The van der Waals surface area contributed by atoms with Gasteiger partial charge in [-0.3, -0.25) is 0 Å². The van der Waals surface area contributed by atoms with Crippen LogP contribution in [0.25, 0.3) is 10.6 Å². The Morgan fingerprint density at radius 2 is 2.24 bits per heavy atom. The van der Waals surface area contributed by atoms with Gasteiger partial charge >= 0.3 is 0 Å². The normalized spacial score (nSPS) is 18.0. The topological polar surface area (TPSA) is 33.1 Å². The lowest BCUT2D eigenvalue weighted by atomic mass is 9.70. The Kier molecular flexibility index (Phi) is 3.11. The first-order valence-electron chi connectivity index (χ1n) is 5.56. The van der Waals surface area contributed by atoms with Gasteiger partial charge in [0.15, 0.2) is 0 Å². The second-order valence-electron chi connectivity index (χ2n) is 4.43. The summed E-state index contributed by atoms with van der Waals surface area (Å²) >= 11 is 6.85. The van der Waals surface area contributed by atoms with E-state index in [2.05, 4.69) is 27.4 Å². The van der Waals surface area contributed by atoms with Crippen molar-refractivity contribution in [3.63, 3.8) is 0 Å². The lowest BCUT2D eigenvalue weighted by Gasteiger charge is -2.38. The second-order valence-corrected chi connectivity index (χ2v) is 7.75. The maximum atomic E-state index is 9.54. The number of thiophene rings is 1. The fraction of sp³-hybridized carbons (Fsp3) is 0.417. The number of thiazole rings is 1. The van der Waals surface area contributed by atoms with Gasteiger partial charge in [0, 0.05) is 10.8 Å². The van der Waals surface area contributed by atoms with Gasteiger partial charge in [-0.2, -0.15) is 0 Å². The minimum Gasteiger partial charge on any atom is -0.395 e. The van der Waals surface area contributed by atoms with Gasteiger partial charge < -0.3 is 5.11 Å². The standard InChI is InChI=1S/C12H12BrNOS2/c13-10-3-2-9(17-10)8-6-16-11(14-8)12(7-15)4-1-5-12/h2-3,6,15H,1,4-5,7H2. The highest BCUT2D eigenvalue weighted by Crippen LogP contribution is 2.45. The van der Waals surface area contributed by atoms with Crippen LogP contribution >= 0.6 is 38.6 Å². The first-order valence-corrected chi connectivity index (χ1v) is 8.05. The van der Waals surface area contributed by atoms with Crippen molar-refractivity contribution in [2.75, 3.05) is 6.61 Å². The minimum absolute atomic E-state index is 0.0303. The Morgan fingerprint density at radius 3 is 2.76 bits per heavy atom. The summed E-state index contributed by atoms with van der Waals surface area (Å²) in [5, 5.41) is 12.7. The molecule has 0 unspecified atom stereocenters. The van der Waals surface area contributed by atoms with Crippen molar-refractivity contribution in [3.8, 4) is 10.6 Å². The molecule has 0 aliphatic heterocycles. The summed E-state index contributed by atoms with van der Waals surface area (Å²) in [6, 6.07) is 4.13. The number of hydrogen-bond donors (Lipinski definition) is 1. The highest BCUT2D eigenvalue weighted by Gasteiger charge is 2.40. The first-order chi connectivity index (χ1) is 8.23. The zero-order valence-corrected chi connectivity index (χ0v) is 12.4. The van der Waals surface area contributed by atoms with Gasteiger partial charge in [0.1, 0.15) is 5.01 Å². The van der Waals surface area contributed by atoms with E-state index in [0.29, 0.717) is 0 Å². The summed E-state index contributed by atoms with van der Waals surface area (Å²) in [4.78, 5) is 5.89. The van der Waals surface area contributed by atoms with Gasteiger partial charge in [-0.1, -0.05) is 6.42 Å². The lowest BCUT2D eigenvalue weighted by Crippen LogP contribution is -2.37. The molecule has 0 atom stereocenters. The molecule has 0 spiro atoms. The molecular formula is C12H12BrNOS2. The van der Waals surface area contributed by atoms with Crippen molar-refractivity contribution in [2.24, 2.45) is 0 Å². The Labute approximate surface area is 116 Å². The number of aliphatic hydroxyl groups is 1. The number of aromatic nitrogens is 1. The van der Waals surface area contributed by atoms with Crippen molar-refractivity contribution < 1.29 is 5.11 Å². The third-order valence-electron chi connectivity index (χ3n) is 3.40. The summed E-state index contributed by atoms with van der Waals surface area (Å²) in [5.74, 6) is 0. The molecule has 90 valence electrons. The fourth-order valence-corrected chi connectivity index (χ4v) is 4.62. The maximum Gasteiger partial charge on any atom is 0.102 e. The summed E-state index contributed by atoms with van der Waals surface area (Å²) in [6.45, 7) is 0.230. The van der Waals surface area contributed by atoms with Crippen LogP contribution < -0.4 is 0 Å². The van der Waals surface area contributed by atoms with Crippen LogP contribution in [-0.2, 0) is 5.41 Å². The van der Waals surface area contributed by atoms with Crippen LogP contribution in [0.4, 0.5) is 0 Å². The molecule has 2 nitrogen and oxygen atoms in total. The predicted molar refractivity (Wildman–Crippen MR) is 75.7 cm³/mol. The molecule has 1 N–H and O–H groups in total. The third kappa shape index (κ3) is 1.99. The molecule has 1 aliphatic carbocycles. The minimum atomic E-state index is -0.0303. The Hall–Kier alpha value is -0.230. The highest BCUT2D eigenvalue weighted by atomic mass is 79.9. The molecule has 2 aromatic rings. The van der Waals surface area contributed by atoms with Crippen LogP contribution in [0.15, 0.2) is 21.3 Å². The van der Waals surface area contributed by atoms with E-state index in [4.69, 9.17) is 4.98 Å². The fourth-order valence-electron chi connectivity index (χ4n) is 2.13. The average molecular weight is 330 g/mol. The van der Waals surface area contributed by atoms with Crippen molar-refractivity contribution >= 4 is 38.6 Å². The van der Waals surface area contributed by atoms with Crippen LogP contribution in [0.5, 0.6) is 0 Å². The molecule has 0 aromatic carbocycles. The SMILES string of the molecule is OCC1(c2nc(-c3ccc(Br)s3)cs2)CCC1. The molecule has 17 heavy (non-hydrogen) atoms. The molecule has 1 fully saturated rings. The quantitative estimate of drug-likeness (QED) is 0.921. The molecule has 1 saturated carbocycles. The van der Waals surface area contributed by atoms with E-state index in [-0.39, 0.29) is 12.0 Å². The molecular weight excluding hydrogens is 318 g/mol. The van der Waals surface area contributed by atoms with Crippen LogP contribution in [0.3, 0.4) is 0 Å². The van der Waals surface area contributed by atoms with Crippen LogP contribution in [0.1, 0.15) is 24.3 Å². The summed E-state index contributed by atoms with van der Waals surface area (Å²) < 4.78 is 1.13. The van der Waals surface area contributed by atoms with Gasteiger partial charge in [-0.25, -0.2) is 4.98 Å². The molecule has 3 rings (SSSR count). The Morgan fingerprint density at radius 1 is 1.41 bits per heavy atom. The van der Waals surface area contributed by atoms with E-state index in [0.717, 1.165) is 27.3 Å². The molecule has 2 aromatic heterocycles. The molecule has 1 aliphatic rings.